The van der Waals surface area contributed by atoms with Gasteiger partial charge in [-0.1, -0.05) is 0 Å². The summed E-state index contributed by atoms with van der Waals surface area (Å²) in [6.45, 7) is 1.80. The molecular weight excluding hydrogens is 246 g/mol. The predicted octanol–water partition coefficient (Wildman–Crippen LogP) is 0.604. The maximum Gasteiger partial charge on any atom is 0.338 e. The Labute approximate surface area is 111 Å². The number of nitrogens with zero attached hydrogens (tertiary/aromatic N) is 2. The molecule has 1 aliphatic heterocycles. The summed E-state index contributed by atoms with van der Waals surface area (Å²) >= 11 is 0. The number of nitrogens with one attached hydrogen (secondary N) is 1. The fourth-order valence-electron chi connectivity index (χ4n) is 2.30. The lowest BCUT2D eigenvalue weighted by molar-refractivity contribution is 0.0688. The van der Waals surface area contributed by atoms with E-state index in [1.54, 1.807) is 0 Å². The van der Waals surface area contributed by atoms with Crippen molar-refractivity contribution in [1.82, 2.24) is 15.2 Å². The first-order valence-corrected chi connectivity index (χ1v) is 6.25. The minimum Gasteiger partial charge on any atom is -0.478 e. The first kappa shape index (κ1) is 13.5. The Morgan fingerprint density at radius 1 is 1.53 bits per heavy atom. The lowest BCUT2D eigenvalue weighted by Crippen LogP contribution is -2.46. The number of carbonyl (C=O) groups excluding carboxylic acids is 1. The zero-order valence-electron chi connectivity index (χ0n) is 10.8. The highest BCUT2D eigenvalue weighted by atomic mass is 16.4. The maximum atomic E-state index is 12.1. The third-order valence-electron chi connectivity index (χ3n) is 3.21. The van der Waals surface area contributed by atoms with Crippen molar-refractivity contribution in [2.45, 2.75) is 18.9 Å². The monoisotopic (exact) mass is 263 g/mol. The van der Waals surface area contributed by atoms with Gasteiger partial charge in [0.15, 0.2) is 0 Å². The molecule has 0 spiro atoms. The molecule has 2 heterocycles. The van der Waals surface area contributed by atoms with Crippen molar-refractivity contribution in [3.8, 4) is 0 Å². The molecule has 1 saturated heterocycles. The number of carboxylic acid groups (broad SMARTS) is 1. The van der Waals surface area contributed by atoms with E-state index in [-0.39, 0.29) is 17.3 Å². The van der Waals surface area contributed by atoms with Crippen LogP contribution in [0.25, 0.3) is 0 Å². The highest BCUT2D eigenvalue weighted by Crippen LogP contribution is 2.10. The molecule has 1 atom stereocenters. The molecule has 2 N–H and O–H groups in total. The Morgan fingerprint density at radius 3 is 3.00 bits per heavy atom. The molecule has 1 aromatic rings. The summed E-state index contributed by atoms with van der Waals surface area (Å²) in [5.74, 6) is -1.56. The topological polar surface area (TPSA) is 82.5 Å². The van der Waals surface area contributed by atoms with Gasteiger partial charge in [0.1, 0.15) is 5.69 Å². The number of hydrogen-bond acceptors (Lipinski definition) is 4. The molecule has 1 fully saturated rings. The van der Waals surface area contributed by atoms with Crippen LogP contribution in [0.3, 0.4) is 0 Å². The van der Waals surface area contributed by atoms with E-state index in [1.165, 1.54) is 18.3 Å². The van der Waals surface area contributed by atoms with Gasteiger partial charge in [-0.2, -0.15) is 0 Å². The van der Waals surface area contributed by atoms with Crippen LogP contribution >= 0.6 is 0 Å². The number of hydrogen-bond donors (Lipinski definition) is 2. The van der Waals surface area contributed by atoms with Gasteiger partial charge in [-0.25, -0.2) is 4.79 Å². The molecule has 0 aromatic carbocycles. The van der Waals surface area contributed by atoms with E-state index in [9.17, 15) is 9.59 Å². The highest BCUT2D eigenvalue weighted by molar-refractivity contribution is 6.03. The fourth-order valence-corrected chi connectivity index (χ4v) is 2.30. The molecule has 0 aliphatic carbocycles. The molecule has 1 aliphatic rings. The molecule has 1 unspecified atom stereocenters. The summed E-state index contributed by atoms with van der Waals surface area (Å²) in [6.07, 6.45) is 3.36. The third kappa shape index (κ3) is 3.29. The number of piperidine rings is 1. The summed E-state index contributed by atoms with van der Waals surface area (Å²) in [7, 11) is 2.00. The number of likely N-dealkylation sites (tertiary alicyclic amines) is 1. The number of aromatic nitrogens is 1. The number of pyridine rings is 1. The van der Waals surface area contributed by atoms with Crippen LogP contribution in [-0.4, -0.2) is 53.0 Å². The number of carboxylic acids is 1. The van der Waals surface area contributed by atoms with Gasteiger partial charge in [-0.3, -0.25) is 9.78 Å². The number of aromatic carboxylic acids is 1. The van der Waals surface area contributed by atoms with Crippen molar-refractivity contribution in [2.75, 3.05) is 20.1 Å². The molecule has 6 nitrogen and oxygen atoms in total. The molecule has 0 bridgehead atoms. The van der Waals surface area contributed by atoms with E-state index in [0.717, 1.165) is 25.9 Å². The van der Waals surface area contributed by atoms with Crippen molar-refractivity contribution in [1.29, 1.82) is 0 Å². The van der Waals surface area contributed by atoms with E-state index < -0.39 is 11.9 Å². The predicted molar refractivity (Wildman–Crippen MR) is 69.2 cm³/mol. The van der Waals surface area contributed by atoms with Gasteiger partial charge < -0.3 is 15.3 Å². The van der Waals surface area contributed by atoms with Crippen molar-refractivity contribution >= 4 is 11.9 Å². The minimum atomic E-state index is -1.14. The second-order valence-electron chi connectivity index (χ2n) is 4.78. The van der Waals surface area contributed by atoms with Crippen molar-refractivity contribution in [2.24, 2.45) is 0 Å². The van der Waals surface area contributed by atoms with Crippen LogP contribution in [0.15, 0.2) is 18.3 Å². The van der Waals surface area contributed by atoms with E-state index in [1.807, 2.05) is 7.05 Å². The van der Waals surface area contributed by atoms with Gasteiger partial charge in [-0.15, -0.1) is 0 Å². The SMILES string of the molecule is CN1CCCC(NC(=O)c2ncccc2C(=O)O)C1. The van der Waals surface area contributed by atoms with Crippen LogP contribution in [0.2, 0.25) is 0 Å². The van der Waals surface area contributed by atoms with Gasteiger partial charge in [0.2, 0.25) is 0 Å². The number of likely N-dealkylation sites (N-methyl/N-ethyl adjacent to an activating group) is 1. The van der Waals surface area contributed by atoms with Crippen LogP contribution in [0, 0.1) is 0 Å². The normalized spacial score (nSPS) is 19.9. The second kappa shape index (κ2) is 5.79. The molecular formula is C13H17N3O3. The van der Waals surface area contributed by atoms with Crippen LogP contribution in [0.1, 0.15) is 33.7 Å². The van der Waals surface area contributed by atoms with Crippen LogP contribution in [0.4, 0.5) is 0 Å². The van der Waals surface area contributed by atoms with Crippen molar-refractivity contribution < 1.29 is 14.7 Å². The number of carbonyl (C=O) groups is 2. The Morgan fingerprint density at radius 2 is 2.32 bits per heavy atom. The van der Waals surface area contributed by atoms with Gasteiger partial charge in [0.25, 0.3) is 5.91 Å². The quantitative estimate of drug-likeness (QED) is 0.834. The van der Waals surface area contributed by atoms with Crippen molar-refractivity contribution in [3.05, 3.63) is 29.6 Å². The molecule has 1 aromatic heterocycles. The molecule has 0 saturated carbocycles. The van der Waals surface area contributed by atoms with E-state index in [2.05, 4.69) is 15.2 Å². The molecule has 2 rings (SSSR count). The summed E-state index contributed by atoms with van der Waals surface area (Å²) in [5.41, 5.74) is -0.0904. The molecule has 19 heavy (non-hydrogen) atoms. The lowest BCUT2D eigenvalue weighted by Gasteiger charge is -2.30. The first-order valence-electron chi connectivity index (χ1n) is 6.25. The van der Waals surface area contributed by atoms with Gasteiger partial charge >= 0.3 is 5.97 Å². The smallest absolute Gasteiger partial charge is 0.338 e. The standard InChI is InChI=1S/C13H17N3O3/c1-16-7-3-4-9(8-16)15-12(17)11-10(13(18)19)5-2-6-14-11/h2,5-6,9H,3-4,7-8H2,1H3,(H,15,17)(H,18,19). The van der Waals surface area contributed by atoms with Crippen molar-refractivity contribution in [3.63, 3.8) is 0 Å². The second-order valence-corrected chi connectivity index (χ2v) is 4.78. The van der Waals surface area contributed by atoms with Crippen LogP contribution in [-0.2, 0) is 0 Å². The van der Waals surface area contributed by atoms with E-state index in [4.69, 9.17) is 5.11 Å². The minimum absolute atomic E-state index is 0.0248. The molecule has 102 valence electrons. The Bertz CT molecular complexity index is 490. The molecule has 0 radical (unpaired) electrons. The summed E-state index contributed by atoms with van der Waals surface area (Å²) in [5, 5.41) is 11.9. The van der Waals surface area contributed by atoms with E-state index >= 15 is 0 Å². The average molecular weight is 263 g/mol. The number of amides is 1. The lowest BCUT2D eigenvalue weighted by atomic mass is 10.1. The Kier molecular flexibility index (Phi) is 4.11. The first-order chi connectivity index (χ1) is 9.08. The van der Waals surface area contributed by atoms with Gasteiger partial charge in [0.05, 0.1) is 5.56 Å². The summed E-state index contributed by atoms with van der Waals surface area (Å²) in [6, 6.07) is 2.95. The zero-order valence-corrected chi connectivity index (χ0v) is 10.8. The number of rotatable bonds is 3. The average Bonchev–Trinajstić information content (AvgIpc) is 2.38. The maximum absolute atomic E-state index is 12.1. The fraction of sp³-hybridized carbons (Fsp3) is 0.462. The van der Waals surface area contributed by atoms with Gasteiger partial charge in [-0.05, 0) is 38.6 Å². The van der Waals surface area contributed by atoms with Crippen LogP contribution in [0.5, 0.6) is 0 Å². The summed E-state index contributed by atoms with van der Waals surface area (Å²) < 4.78 is 0. The van der Waals surface area contributed by atoms with Crippen LogP contribution < -0.4 is 5.32 Å². The van der Waals surface area contributed by atoms with Gasteiger partial charge in [0, 0.05) is 18.8 Å². The Balaban J connectivity index is 2.09. The molecule has 1 amide bonds. The third-order valence-corrected chi connectivity index (χ3v) is 3.21. The highest BCUT2D eigenvalue weighted by Gasteiger charge is 2.23. The van der Waals surface area contributed by atoms with E-state index in [0.29, 0.717) is 0 Å². The summed E-state index contributed by atoms with van der Waals surface area (Å²) in [4.78, 5) is 29.2. The Hall–Kier alpha value is -1.95. The molecule has 6 heteroatoms. The largest absolute Gasteiger partial charge is 0.478 e. The zero-order chi connectivity index (χ0) is 13.8.